The van der Waals surface area contributed by atoms with Gasteiger partial charge in [0, 0.05) is 22.1 Å². The van der Waals surface area contributed by atoms with E-state index in [9.17, 15) is 0 Å². The van der Waals surface area contributed by atoms with Gasteiger partial charge in [-0.1, -0.05) is 30.0 Å². The average molecular weight is 338 g/mol. The summed E-state index contributed by atoms with van der Waals surface area (Å²) >= 11 is 3.37. The minimum absolute atomic E-state index is 0.819. The van der Waals surface area contributed by atoms with E-state index in [1.54, 1.807) is 35.6 Å². The fourth-order valence-electron chi connectivity index (χ4n) is 2.43. The molecule has 23 heavy (non-hydrogen) atoms. The van der Waals surface area contributed by atoms with Gasteiger partial charge in [0.05, 0.1) is 22.5 Å². The third-order valence-electron chi connectivity index (χ3n) is 3.59. The maximum absolute atomic E-state index is 5.11. The summed E-state index contributed by atoms with van der Waals surface area (Å²) in [7, 11) is 0. The Morgan fingerprint density at radius 1 is 1.17 bits per heavy atom. The van der Waals surface area contributed by atoms with Crippen molar-refractivity contribution in [3.63, 3.8) is 0 Å². The van der Waals surface area contributed by atoms with E-state index >= 15 is 0 Å². The molecule has 0 amide bonds. The maximum atomic E-state index is 5.11. The molecular formula is C18H14N2OS2. The van der Waals surface area contributed by atoms with Crippen molar-refractivity contribution in [3.05, 3.63) is 65.6 Å². The molecule has 0 saturated carbocycles. The minimum atomic E-state index is 0.819. The molecule has 4 aromatic rings. The second-order valence-corrected chi connectivity index (χ2v) is 7.09. The van der Waals surface area contributed by atoms with Crippen molar-refractivity contribution in [2.45, 2.75) is 17.7 Å². The number of fused-ring (bicyclic) bond motifs is 1. The molecule has 0 aliphatic heterocycles. The fourth-order valence-corrected chi connectivity index (χ4v) is 4.21. The first-order valence-electron chi connectivity index (χ1n) is 7.26. The van der Waals surface area contributed by atoms with Gasteiger partial charge in [-0.2, -0.15) is 0 Å². The van der Waals surface area contributed by atoms with Gasteiger partial charge in [-0.05, 0) is 30.7 Å². The largest absolute Gasteiger partial charge is 0.472 e. The lowest BCUT2D eigenvalue weighted by Gasteiger charge is -2.05. The van der Waals surface area contributed by atoms with E-state index in [-0.39, 0.29) is 0 Å². The molecule has 0 saturated heterocycles. The number of para-hydroxylation sites is 1. The summed E-state index contributed by atoms with van der Waals surface area (Å²) in [6.45, 7) is 2.13. The van der Waals surface area contributed by atoms with Crippen molar-refractivity contribution in [1.29, 1.82) is 0 Å². The van der Waals surface area contributed by atoms with Crippen LogP contribution in [0.25, 0.3) is 21.5 Å². The van der Waals surface area contributed by atoms with Crippen molar-refractivity contribution < 1.29 is 4.42 Å². The Kier molecular flexibility index (Phi) is 3.89. The molecule has 3 heterocycles. The van der Waals surface area contributed by atoms with E-state index in [1.165, 1.54) is 10.9 Å². The predicted molar refractivity (Wildman–Crippen MR) is 95.9 cm³/mol. The molecule has 0 aliphatic carbocycles. The van der Waals surface area contributed by atoms with Gasteiger partial charge in [0.1, 0.15) is 11.3 Å². The molecule has 5 heteroatoms. The number of aromatic nitrogens is 2. The molecule has 0 N–H and O–H groups in total. The molecular weight excluding hydrogens is 324 g/mol. The van der Waals surface area contributed by atoms with Gasteiger partial charge in [-0.25, -0.2) is 9.97 Å². The quantitative estimate of drug-likeness (QED) is 0.457. The Balaban J connectivity index is 1.53. The first kappa shape index (κ1) is 14.5. The van der Waals surface area contributed by atoms with Crippen LogP contribution in [-0.2, 0) is 5.75 Å². The van der Waals surface area contributed by atoms with Gasteiger partial charge in [-0.3, -0.25) is 0 Å². The van der Waals surface area contributed by atoms with Gasteiger partial charge >= 0.3 is 0 Å². The van der Waals surface area contributed by atoms with E-state index in [4.69, 9.17) is 9.40 Å². The SMILES string of the molecule is Cc1cc(SCc2csc(-c3ccoc3)n2)nc2ccccc12. The lowest BCUT2D eigenvalue weighted by atomic mass is 10.1. The number of thioether (sulfide) groups is 1. The molecule has 0 bridgehead atoms. The van der Waals surface area contributed by atoms with Gasteiger partial charge in [0.2, 0.25) is 0 Å². The second-order valence-electron chi connectivity index (χ2n) is 5.24. The Labute approximate surface area is 142 Å². The van der Waals surface area contributed by atoms with Crippen molar-refractivity contribution in [2.75, 3.05) is 0 Å². The van der Waals surface area contributed by atoms with E-state index in [2.05, 4.69) is 41.6 Å². The third-order valence-corrected chi connectivity index (χ3v) is 5.47. The molecule has 0 radical (unpaired) electrons. The maximum Gasteiger partial charge on any atom is 0.126 e. The van der Waals surface area contributed by atoms with Gasteiger partial charge < -0.3 is 4.42 Å². The number of benzene rings is 1. The Morgan fingerprint density at radius 2 is 2.09 bits per heavy atom. The summed E-state index contributed by atoms with van der Waals surface area (Å²) in [5.41, 5.74) is 4.41. The second kappa shape index (κ2) is 6.18. The zero-order valence-electron chi connectivity index (χ0n) is 12.5. The molecule has 1 aromatic carbocycles. The van der Waals surface area contributed by atoms with Crippen molar-refractivity contribution in [3.8, 4) is 10.6 Å². The van der Waals surface area contributed by atoms with E-state index in [0.717, 1.165) is 32.6 Å². The molecule has 114 valence electrons. The van der Waals surface area contributed by atoms with Crippen LogP contribution in [0.15, 0.2) is 63.7 Å². The number of furan rings is 1. The smallest absolute Gasteiger partial charge is 0.126 e. The molecule has 0 fully saturated rings. The number of aryl methyl sites for hydroxylation is 1. The Morgan fingerprint density at radius 3 is 2.96 bits per heavy atom. The molecule has 0 spiro atoms. The van der Waals surface area contributed by atoms with Gasteiger partial charge in [-0.15, -0.1) is 11.3 Å². The normalized spacial score (nSPS) is 11.2. The first-order valence-corrected chi connectivity index (χ1v) is 9.12. The summed E-state index contributed by atoms with van der Waals surface area (Å²) < 4.78 is 5.11. The van der Waals surface area contributed by atoms with E-state index in [1.807, 2.05) is 12.1 Å². The van der Waals surface area contributed by atoms with Crippen LogP contribution in [0, 0.1) is 6.92 Å². The highest BCUT2D eigenvalue weighted by Gasteiger charge is 2.08. The van der Waals surface area contributed by atoms with Crippen LogP contribution >= 0.6 is 23.1 Å². The number of rotatable bonds is 4. The Bertz CT molecular complexity index is 945. The number of thiazole rings is 1. The molecule has 0 aliphatic rings. The summed E-state index contributed by atoms with van der Waals surface area (Å²) in [5.74, 6) is 0.819. The third kappa shape index (κ3) is 3.02. The number of hydrogen-bond donors (Lipinski definition) is 0. The zero-order valence-corrected chi connectivity index (χ0v) is 14.2. The number of hydrogen-bond acceptors (Lipinski definition) is 5. The monoisotopic (exact) mass is 338 g/mol. The highest BCUT2D eigenvalue weighted by atomic mass is 32.2. The van der Waals surface area contributed by atoms with Crippen molar-refractivity contribution >= 4 is 34.0 Å². The fraction of sp³-hybridized carbons (Fsp3) is 0.111. The van der Waals surface area contributed by atoms with Crippen molar-refractivity contribution in [1.82, 2.24) is 9.97 Å². The van der Waals surface area contributed by atoms with Crippen LogP contribution in [0.1, 0.15) is 11.3 Å². The van der Waals surface area contributed by atoms with Crippen LogP contribution < -0.4 is 0 Å². The van der Waals surface area contributed by atoms with Gasteiger partial charge in [0.15, 0.2) is 0 Å². The summed E-state index contributed by atoms with van der Waals surface area (Å²) in [6, 6.07) is 12.3. The first-order chi connectivity index (χ1) is 11.3. The van der Waals surface area contributed by atoms with Gasteiger partial charge in [0.25, 0.3) is 0 Å². The standard InChI is InChI=1S/C18H14N2OS2/c1-12-8-17(20-16-5-3-2-4-15(12)16)22-10-14-11-23-18(19-14)13-6-7-21-9-13/h2-9,11H,10H2,1H3. The summed E-state index contributed by atoms with van der Waals surface area (Å²) in [5, 5.41) is 5.35. The molecule has 4 rings (SSSR count). The number of pyridine rings is 1. The van der Waals surface area contributed by atoms with Crippen molar-refractivity contribution in [2.24, 2.45) is 0 Å². The predicted octanol–water partition coefficient (Wildman–Crippen LogP) is 5.55. The highest BCUT2D eigenvalue weighted by Crippen LogP contribution is 2.29. The summed E-state index contributed by atoms with van der Waals surface area (Å²) in [6.07, 6.45) is 3.40. The molecule has 0 unspecified atom stereocenters. The van der Waals surface area contributed by atoms with E-state index < -0.39 is 0 Å². The molecule has 3 aromatic heterocycles. The average Bonchev–Trinajstić information content (AvgIpc) is 3.24. The van der Waals surface area contributed by atoms with Crippen LogP contribution in [0.2, 0.25) is 0 Å². The zero-order chi connectivity index (χ0) is 15.6. The van der Waals surface area contributed by atoms with Crippen LogP contribution in [0.3, 0.4) is 0 Å². The number of nitrogens with zero attached hydrogens (tertiary/aromatic N) is 2. The lowest BCUT2D eigenvalue weighted by molar-refractivity contribution is 0.568. The Hall–Kier alpha value is -2.11. The lowest BCUT2D eigenvalue weighted by Crippen LogP contribution is -1.88. The van der Waals surface area contributed by atoms with Crippen LogP contribution in [-0.4, -0.2) is 9.97 Å². The van der Waals surface area contributed by atoms with Crippen LogP contribution in [0.4, 0.5) is 0 Å². The molecule has 3 nitrogen and oxygen atoms in total. The highest BCUT2D eigenvalue weighted by molar-refractivity contribution is 7.98. The molecule has 0 atom stereocenters. The summed E-state index contributed by atoms with van der Waals surface area (Å²) in [4.78, 5) is 9.39. The minimum Gasteiger partial charge on any atom is -0.472 e. The van der Waals surface area contributed by atoms with E-state index in [0.29, 0.717) is 0 Å². The topological polar surface area (TPSA) is 38.9 Å². The van der Waals surface area contributed by atoms with Crippen LogP contribution in [0.5, 0.6) is 0 Å².